The Morgan fingerprint density at radius 3 is 2.03 bits per heavy atom. The maximum atomic E-state index is 8.44. The Hall–Kier alpha value is -4.72. The molecule has 0 aliphatic heterocycles. The van der Waals surface area contributed by atoms with E-state index in [-0.39, 0.29) is 25.5 Å². The molecule has 4 heterocycles. The molecular formula is C58H62GeIrN4S-2. The van der Waals surface area contributed by atoms with Gasteiger partial charge in [-0.3, -0.25) is 4.98 Å². The zero-order valence-corrected chi connectivity index (χ0v) is 45.0. The molecule has 4 nitrogen and oxygen atoms in total. The molecule has 0 fully saturated rings. The van der Waals surface area contributed by atoms with Crippen molar-refractivity contribution in [3.05, 3.63) is 161 Å². The summed E-state index contributed by atoms with van der Waals surface area (Å²) in [5.74, 6) is 7.92. The Morgan fingerprint density at radius 2 is 1.42 bits per heavy atom. The summed E-state index contributed by atoms with van der Waals surface area (Å²) in [7, 11) is 0. The molecule has 0 aliphatic carbocycles. The molecule has 0 bridgehead atoms. The van der Waals surface area contributed by atoms with E-state index in [0.29, 0.717) is 17.4 Å². The molecule has 0 aliphatic rings. The number of aryl methyl sites for hydroxylation is 1. The van der Waals surface area contributed by atoms with Crippen molar-refractivity contribution in [3.8, 4) is 39.6 Å². The quantitative estimate of drug-likeness (QED) is 0.112. The number of pyridine rings is 2. The van der Waals surface area contributed by atoms with Crippen LogP contribution in [0.3, 0.4) is 0 Å². The van der Waals surface area contributed by atoms with Crippen molar-refractivity contribution in [3.63, 3.8) is 0 Å². The summed E-state index contributed by atoms with van der Waals surface area (Å²) < 4.78 is 36.4. The summed E-state index contributed by atoms with van der Waals surface area (Å²) in [5.41, 5.74) is 13.2. The topological polar surface area (TPSA) is 43.6 Å². The number of rotatable bonds is 8. The van der Waals surface area contributed by atoms with Crippen molar-refractivity contribution in [2.45, 2.75) is 110 Å². The summed E-state index contributed by atoms with van der Waals surface area (Å²) in [6.45, 7) is 17.8. The van der Waals surface area contributed by atoms with E-state index in [1.165, 1.54) is 26.8 Å². The van der Waals surface area contributed by atoms with Crippen LogP contribution in [0.4, 0.5) is 0 Å². The van der Waals surface area contributed by atoms with Crippen LogP contribution in [-0.4, -0.2) is 32.8 Å². The predicted molar refractivity (Wildman–Crippen MR) is 279 cm³/mol. The van der Waals surface area contributed by atoms with Crippen molar-refractivity contribution >= 4 is 60.3 Å². The molecule has 335 valence electrons. The van der Waals surface area contributed by atoms with E-state index in [2.05, 4.69) is 142 Å². The predicted octanol–water partition coefficient (Wildman–Crippen LogP) is 16.0. The smallest absolute Gasteiger partial charge is 0.114 e. The number of fused-ring (bicyclic) bond motifs is 4. The summed E-state index contributed by atoms with van der Waals surface area (Å²) in [5, 5.41) is 2.20. The van der Waals surface area contributed by atoms with E-state index in [9.17, 15) is 0 Å². The molecule has 0 unspecified atom stereocenters. The van der Waals surface area contributed by atoms with Gasteiger partial charge in [-0.1, -0.05) is 120 Å². The van der Waals surface area contributed by atoms with Gasteiger partial charge in [-0.25, -0.2) is 4.98 Å². The van der Waals surface area contributed by atoms with Gasteiger partial charge < -0.3 is 4.57 Å². The third-order valence-corrected chi connectivity index (χ3v) is 17.4. The van der Waals surface area contributed by atoms with Crippen LogP contribution < -0.4 is 4.40 Å². The van der Waals surface area contributed by atoms with E-state index in [4.69, 9.17) is 15.5 Å². The van der Waals surface area contributed by atoms with Crippen molar-refractivity contribution in [2.75, 3.05) is 0 Å². The molecule has 9 aromatic rings. The van der Waals surface area contributed by atoms with Crippen LogP contribution >= 0.6 is 11.3 Å². The van der Waals surface area contributed by atoms with Crippen LogP contribution in [0.1, 0.15) is 113 Å². The van der Waals surface area contributed by atoms with Crippen LogP contribution in [0.5, 0.6) is 0 Å². The Balaban J connectivity index is 0.000000281. The van der Waals surface area contributed by atoms with Gasteiger partial charge in [0, 0.05) is 35.5 Å². The maximum Gasteiger partial charge on any atom is 0.114 e. The number of thiophene rings is 1. The minimum atomic E-state index is -2.13. The fourth-order valence-corrected chi connectivity index (χ4v) is 12.9. The van der Waals surface area contributed by atoms with Gasteiger partial charge in [-0.2, -0.15) is 11.3 Å². The minimum absolute atomic E-state index is 0. The van der Waals surface area contributed by atoms with Crippen molar-refractivity contribution in [1.29, 1.82) is 0 Å². The molecule has 0 spiro atoms. The second kappa shape index (κ2) is 19.2. The third-order valence-electron chi connectivity index (χ3n) is 12.0. The van der Waals surface area contributed by atoms with Gasteiger partial charge in [0.2, 0.25) is 0 Å². The molecule has 65 heavy (non-hydrogen) atoms. The molecular weight excluding hydrogens is 1050 g/mol. The number of nitrogens with zero attached hydrogens (tertiary/aromatic N) is 4. The van der Waals surface area contributed by atoms with Crippen molar-refractivity contribution < 1.29 is 25.6 Å². The second-order valence-corrected chi connectivity index (χ2v) is 31.4. The molecule has 0 N–H and O–H groups in total. The first-order chi connectivity index (χ1) is 31.9. The SMILES string of the molecule is [2H]C(C)(C)c1cc(-c2[c-]cccc2)nc[c]1[Ge]([CH3])([CH3])[CH3].[2H]C([2H])([2H])c1ccc(-c2ccc3c(n2)sc2c(-c4nc5ccccc5n4-c4c(C(C)C)cc(C(C)(C)C)cc4C(C)C)[c-]ccc23)cc1.[Ir]. The van der Waals surface area contributed by atoms with Gasteiger partial charge in [0.15, 0.2) is 0 Å². The van der Waals surface area contributed by atoms with Gasteiger partial charge in [0.05, 0.1) is 22.6 Å². The fraction of sp³-hybridized carbons (Fsp3) is 0.293. The first kappa shape index (κ1) is 42.9. The van der Waals surface area contributed by atoms with Crippen LogP contribution in [0.15, 0.2) is 121 Å². The number of aromatic nitrogens is 4. The normalized spacial score (nSPS) is 13.3. The number of hydrogen-bond acceptors (Lipinski definition) is 4. The van der Waals surface area contributed by atoms with E-state index in [1.54, 1.807) is 23.5 Å². The molecule has 0 saturated carbocycles. The van der Waals surface area contributed by atoms with E-state index < -0.39 is 26.0 Å². The number of imidazole rings is 1. The van der Waals surface area contributed by atoms with Gasteiger partial charge in [-0.15, -0.1) is 18.2 Å². The summed E-state index contributed by atoms with van der Waals surface area (Å²) in [6, 6.07) is 45.3. The maximum absolute atomic E-state index is 8.44. The van der Waals surface area contributed by atoms with Gasteiger partial charge in [0.1, 0.15) is 4.83 Å². The Morgan fingerprint density at radius 1 is 0.723 bits per heavy atom. The third kappa shape index (κ3) is 9.88. The molecule has 0 amide bonds. The van der Waals surface area contributed by atoms with Gasteiger partial charge in [-0.05, 0) is 69.1 Å². The molecule has 0 atom stereocenters. The first-order valence-corrected chi connectivity index (χ1v) is 30.6. The number of benzene rings is 5. The molecule has 9 rings (SSSR count). The molecule has 0 saturated heterocycles. The summed E-state index contributed by atoms with van der Waals surface area (Å²) in [6.07, 6.45) is 2.00. The average Bonchev–Trinajstić information content (AvgIpc) is 3.86. The number of para-hydroxylation sites is 2. The summed E-state index contributed by atoms with van der Waals surface area (Å²) in [4.78, 5) is 15.9. The monoisotopic (exact) mass is 1120 g/mol. The van der Waals surface area contributed by atoms with E-state index in [0.717, 1.165) is 70.8 Å². The standard InChI is InChI=1S/C41H40N3S.C17H22GeN.Ir/c1-24(2)32-22-28(41(6,7)8)23-33(25(3)4)37(32)44-36-15-10-9-14-35(36)42-39(44)31-13-11-12-29-30-20-21-34(43-40(30)45-38(29)31)27-18-16-26(5)17-19-27;1-13(2)15-11-17(14-9-7-6-8-10-14)19-12-16(15)18(3,4)5;/h9-12,14-25H,1-8H3;6-9,11-13H,1-5H3;/q2*-1;/i5D3;13D;. The fourth-order valence-electron chi connectivity index (χ4n) is 8.43. The zero-order valence-electron chi connectivity index (χ0n) is 43.7. The van der Waals surface area contributed by atoms with Crippen molar-refractivity contribution in [2.24, 2.45) is 0 Å². The van der Waals surface area contributed by atoms with Crippen LogP contribution in [-0.2, 0) is 25.5 Å². The van der Waals surface area contributed by atoms with E-state index >= 15 is 0 Å². The first-order valence-electron chi connectivity index (χ1n) is 24.4. The van der Waals surface area contributed by atoms with Gasteiger partial charge in [0.25, 0.3) is 0 Å². The molecule has 1 radical (unpaired) electrons. The van der Waals surface area contributed by atoms with Crippen LogP contribution in [0.25, 0.3) is 70.9 Å². The Labute approximate surface area is 413 Å². The van der Waals surface area contributed by atoms with Gasteiger partial charge >= 0.3 is 120 Å². The largest absolute Gasteiger partial charge is 0.333 e. The van der Waals surface area contributed by atoms with Crippen LogP contribution in [0, 0.1) is 19.0 Å². The molecule has 7 heteroatoms. The second-order valence-electron chi connectivity index (χ2n) is 19.8. The van der Waals surface area contributed by atoms with Crippen molar-refractivity contribution in [1.82, 2.24) is 19.5 Å². The molecule has 4 aromatic heterocycles. The Kier molecular flexibility index (Phi) is 12.7. The van der Waals surface area contributed by atoms with E-state index in [1.807, 2.05) is 68.6 Å². The van der Waals surface area contributed by atoms with Crippen LogP contribution in [0.2, 0.25) is 17.3 Å². The summed E-state index contributed by atoms with van der Waals surface area (Å²) >= 11 is -0.371. The Bertz CT molecular complexity index is 3250. The number of hydrogen-bond donors (Lipinski definition) is 0. The minimum Gasteiger partial charge on any atom is -0.333 e. The zero-order chi connectivity index (χ0) is 49.1. The molecule has 5 aromatic carbocycles. The average molecular weight is 1120 g/mol.